The van der Waals surface area contributed by atoms with Crippen LogP contribution >= 0.6 is 0 Å². The highest BCUT2D eigenvalue weighted by atomic mass is 16.6. The van der Waals surface area contributed by atoms with Crippen LogP contribution in [-0.4, -0.2) is 75.7 Å². The highest BCUT2D eigenvalue weighted by Gasteiger charge is 2.46. The van der Waals surface area contributed by atoms with Crippen molar-refractivity contribution in [1.29, 1.82) is 0 Å². The molecule has 0 bridgehead atoms. The lowest BCUT2D eigenvalue weighted by Crippen LogP contribution is -2.40. The average Bonchev–Trinajstić information content (AvgIpc) is 4.15. The zero-order valence-corrected chi connectivity index (χ0v) is 38.6. The van der Waals surface area contributed by atoms with Gasteiger partial charge in [0, 0.05) is 19.8 Å². The molecule has 0 radical (unpaired) electrons. The van der Waals surface area contributed by atoms with Gasteiger partial charge in [0.2, 0.25) is 0 Å². The lowest BCUT2D eigenvalue weighted by atomic mass is 9.90. The van der Waals surface area contributed by atoms with E-state index in [4.69, 9.17) is 18.9 Å². The standard InChI is InChI=1S/C52H93NO5/c1-5-7-17-23-40-31-44(40)35-46-33-42(46)25-19-13-9-11-15-21-29-55-48-37-57-49(38-58-51(54)52(3)27-28-53(4)39-52)50(48)56-30-22-16-12-10-14-20-26-43-34-47(43)36-45-32-41(45)24-18-8-6-2/h40-50H,5-39H2,1-4H3/t40?,41?,42?,43?,44?,45?,46?,47?,48-,49+,50+,52?/m0/s1. The molecular formula is C52H93NO5. The summed E-state index contributed by atoms with van der Waals surface area (Å²) in [6.45, 7) is 10.7. The third-order valence-corrected chi connectivity index (χ3v) is 16.2. The van der Waals surface area contributed by atoms with Crippen LogP contribution in [0.2, 0.25) is 0 Å². The minimum absolute atomic E-state index is 0.0799. The summed E-state index contributed by atoms with van der Waals surface area (Å²) in [6.07, 6.45) is 39.8. The van der Waals surface area contributed by atoms with Crippen molar-refractivity contribution in [2.75, 3.05) is 46.6 Å². The number of rotatable bonds is 35. The number of hydrogen-bond acceptors (Lipinski definition) is 6. The molecule has 6 rings (SSSR count). The molecule has 6 aliphatic rings. The van der Waals surface area contributed by atoms with Crippen molar-refractivity contribution < 1.29 is 23.7 Å². The van der Waals surface area contributed by atoms with Crippen LogP contribution in [0.4, 0.5) is 0 Å². The second kappa shape index (κ2) is 24.8. The molecule has 0 aromatic rings. The molecule has 12 atom stereocenters. The molecule has 336 valence electrons. The number of likely N-dealkylation sites (tertiary alicyclic amines) is 1. The van der Waals surface area contributed by atoms with Gasteiger partial charge in [0.1, 0.15) is 24.9 Å². The topological polar surface area (TPSA) is 57.2 Å². The SMILES string of the molecule is CCCCCC1CC1CC1CC1CCCCCCCCO[C@@H]1[C@@H](OCCCCCCCCC2CC2CC2CC2CCCCC)CO[C@@H]1COC(=O)C1(C)CCN(C)C1. The van der Waals surface area contributed by atoms with Gasteiger partial charge in [0.15, 0.2) is 0 Å². The Morgan fingerprint density at radius 2 is 1.05 bits per heavy atom. The molecule has 9 unspecified atom stereocenters. The number of esters is 1. The van der Waals surface area contributed by atoms with Gasteiger partial charge in [-0.3, -0.25) is 4.79 Å². The van der Waals surface area contributed by atoms with E-state index in [1.165, 1.54) is 141 Å². The van der Waals surface area contributed by atoms with Gasteiger partial charge in [-0.15, -0.1) is 0 Å². The van der Waals surface area contributed by atoms with Gasteiger partial charge < -0.3 is 23.8 Å². The van der Waals surface area contributed by atoms with Crippen LogP contribution in [0.3, 0.4) is 0 Å². The molecular weight excluding hydrogens is 719 g/mol. The Kier molecular flexibility index (Phi) is 20.0. The summed E-state index contributed by atoms with van der Waals surface area (Å²) in [4.78, 5) is 15.3. The van der Waals surface area contributed by atoms with E-state index in [9.17, 15) is 4.79 Å². The average molecular weight is 812 g/mol. The highest BCUT2D eigenvalue weighted by molar-refractivity contribution is 5.77. The molecule has 4 aliphatic carbocycles. The molecule has 0 aromatic heterocycles. The summed E-state index contributed by atoms with van der Waals surface area (Å²) < 4.78 is 25.1. The first-order chi connectivity index (χ1) is 28.4. The minimum atomic E-state index is -0.429. The monoisotopic (exact) mass is 812 g/mol. The third kappa shape index (κ3) is 16.2. The lowest BCUT2D eigenvalue weighted by molar-refractivity contribution is -0.160. The van der Waals surface area contributed by atoms with E-state index in [2.05, 4.69) is 25.8 Å². The summed E-state index contributed by atoms with van der Waals surface area (Å²) in [5.74, 6) is 8.57. The maximum atomic E-state index is 13.1. The summed E-state index contributed by atoms with van der Waals surface area (Å²) in [6, 6.07) is 0. The molecule has 0 spiro atoms. The Balaban J connectivity index is 0.780. The molecule has 6 nitrogen and oxygen atoms in total. The van der Waals surface area contributed by atoms with Gasteiger partial charge in [-0.2, -0.15) is 0 Å². The van der Waals surface area contributed by atoms with E-state index < -0.39 is 5.41 Å². The number of unbranched alkanes of at least 4 members (excludes halogenated alkanes) is 14. The van der Waals surface area contributed by atoms with E-state index >= 15 is 0 Å². The molecule has 2 saturated heterocycles. The molecule has 0 amide bonds. The summed E-state index contributed by atoms with van der Waals surface area (Å²) in [5.41, 5.74) is -0.429. The van der Waals surface area contributed by atoms with Gasteiger partial charge in [-0.1, -0.05) is 142 Å². The lowest BCUT2D eigenvalue weighted by Gasteiger charge is -2.26. The summed E-state index contributed by atoms with van der Waals surface area (Å²) in [5, 5.41) is 0. The molecule has 6 fully saturated rings. The van der Waals surface area contributed by atoms with Crippen LogP contribution in [0.15, 0.2) is 0 Å². The summed E-state index contributed by atoms with van der Waals surface area (Å²) >= 11 is 0. The van der Waals surface area contributed by atoms with E-state index in [1.807, 2.05) is 6.92 Å². The molecule has 4 saturated carbocycles. The van der Waals surface area contributed by atoms with Gasteiger partial charge in [-0.05, 0) is 126 Å². The Morgan fingerprint density at radius 3 is 1.52 bits per heavy atom. The first kappa shape index (κ1) is 46.8. The minimum Gasteiger partial charge on any atom is -0.462 e. The molecule has 6 heteroatoms. The highest BCUT2D eigenvalue weighted by Crippen LogP contribution is 2.55. The van der Waals surface area contributed by atoms with Crippen molar-refractivity contribution in [2.45, 2.75) is 225 Å². The predicted molar refractivity (Wildman–Crippen MR) is 239 cm³/mol. The number of ether oxygens (including phenoxy) is 4. The van der Waals surface area contributed by atoms with Crippen molar-refractivity contribution in [1.82, 2.24) is 4.90 Å². The van der Waals surface area contributed by atoms with E-state index in [0.29, 0.717) is 6.61 Å². The zero-order valence-electron chi connectivity index (χ0n) is 38.6. The van der Waals surface area contributed by atoms with E-state index in [0.717, 1.165) is 92.9 Å². The first-order valence-corrected chi connectivity index (χ1v) is 26.1. The van der Waals surface area contributed by atoms with Gasteiger partial charge in [-0.25, -0.2) is 0 Å². The predicted octanol–water partition coefficient (Wildman–Crippen LogP) is 13.0. The molecule has 2 aliphatic heterocycles. The Morgan fingerprint density at radius 1 is 0.603 bits per heavy atom. The van der Waals surface area contributed by atoms with Crippen LogP contribution in [0.1, 0.15) is 207 Å². The Labute approximate surface area is 358 Å². The number of hydrogen-bond donors (Lipinski definition) is 0. The van der Waals surface area contributed by atoms with Crippen LogP contribution in [0.25, 0.3) is 0 Å². The van der Waals surface area contributed by atoms with Gasteiger partial charge in [0.05, 0.1) is 12.0 Å². The quantitative estimate of drug-likeness (QED) is 0.0469. The molecule has 0 N–H and O–H groups in total. The third-order valence-electron chi connectivity index (χ3n) is 16.2. The van der Waals surface area contributed by atoms with E-state index in [-0.39, 0.29) is 30.9 Å². The van der Waals surface area contributed by atoms with Crippen molar-refractivity contribution >= 4 is 5.97 Å². The zero-order chi connectivity index (χ0) is 40.6. The second-order valence-electron chi connectivity index (χ2n) is 21.6. The van der Waals surface area contributed by atoms with Crippen LogP contribution in [-0.2, 0) is 23.7 Å². The molecule has 58 heavy (non-hydrogen) atoms. The van der Waals surface area contributed by atoms with Gasteiger partial charge in [0.25, 0.3) is 0 Å². The smallest absolute Gasteiger partial charge is 0.313 e. The Hall–Kier alpha value is -0.690. The van der Waals surface area contributed by atoms with Crippen molar-refractivity contribution in [3.63, 3.8) is 0 Å². The normalized spacial score (nSPS) is 35.1. The number of carbonyl (C=O) groups excluding carboxylic acids is 1. The van der Waals surface area contributed by atoms with Gasteiger partial charge >= 0.3 is 5.97 Å². The first-order valence-electron chi connectivity index (χ1n) is 26.1. The maximum Gasteiger partial charge on any atom is 0.313 e. The van der Waals surface area contributed by atoms with Crippen molar-refractivity contribution in [3.05, 3.63) is 0 Å². The molecule has 2 heterocycles. The second-order valence-corrected chi connectivity index (χ2v) is 21.6. The number of nitrogens with zero attached hydrogens (tertiary/aromatic N) is 1. The summed E-state index contributed by atoms with van der Waals surface area (Å²) in [7, 11) is 2.08. The van der Waals surface area contributed by atoms with Crippen molar-refractivity contribution in [3.8, 4) is 0 Å². The maximum absolute atomic E-state index is 13.1. The van der Waals surface area contributed by atoms with Crippen LogP contribution in [0.5, 0.6) is 0 Å². The fraction of sp³-hybridized carbons (Fsp3) is 0.981. The van der Waals surface area contributed by atoms with Crippen LogP contribution < -0.4 is 0 Å². The molecule has 0 aromatic carbocycles. The van der Waals surface area contributed by atoms with Crippen molar-refractivity contribution in [2.24, 2.45) is 52.8 Å². The number of carbonyl (C=O) groups is 1. The van der Waals surface area contributed by atoms with Crippen LogP contribution in [0, 0.1) is 52.8 Å². The fourth-order valence-corrected chi connectivity index (χ4v) is 11.6. The fourth-order valence-electron chi connectivity index (χ4n) is 11.6. The largest absolute Gasteiger partial charge is 0.462 e. The van der Waals surface area contributed by atoms with E-state index in [1.54, 1.807) is 25.7 Å². The Bertz CT molecular complexity index is 1150.